The fraction of sp³-hybridized carbons (Fsp3) is 0.400. The summed E-state index contributed by atoms with van der Waals surface area (Å²) in [6.45, 7) is 6.56. The third kappa shape index (κ3) is 3.37. The molecule has 0 spiro atoms. The molecule has 1 aromatic carbocycles. The first kappa shape index (κ1) is 14.1. The Labute approximate surface area is 118 Å². The van der Waals surface area contributed by atoms with Crippen molar-refractivity contribution in [3.63, 3.8) is 0 Å². The number of nitrogens with one attached hydrogen (secondary N) is 1. The average Bonchev–Trinajstić information content (AvgIpc) is 2.34. The summed E-state index contributed by atoms with van der Waals surface area (Å²) in [6.07, 6.45) is 1.33. The summed E-state index contributed by atoms with van der Waals surface area (Å²) in [7, 11) is 0. The van der Waals surface area contributed by atoms with Crippen LogP contribution in [0.25, 0.3) is 10.9 Å². The molecule has 0 saturated carbocycles. The predicted octanol–water partition coefficient (Wildman–Crippen LogP) is 3.71. The number of aromatic nitrogens is 1. The van der Waals surface area contributed by atoms with Crippen LogP contribution in [0, 0.1) is 5.41 Å². The van der Waals surface area contributed by atoms with Crippen LogP contribution in [0.5, 0.6) is 0 Å². The SMILES string of the molecule is CC(C)(C)C(O)CNc1ccnc2cc(Cl)ccc12. The first-order valence-corrected chi connectivity index (χ1v) is 6.72. The van der Waals surface area contributed by atoms with Crippen LogP contribution in [0.1, 0.15) is 20.8 Å². The fourth-order valence-corrected chi connectivity index (χ4v) is 1.95. The van der Waals surface area contributed by atoms with Crippen molar-refractivity contribution in [2.24, 2.45) is 5.41 Å². The van der Waals surface area contributed by atoms with Crippen molar-refractivity contribution >= 4 is 28.2 Å². The predicted molar refractivity (Wildman–Crippen MR) is 80.7 cm³/mol. The maximum Gasteiger partial charge on any atom is 0.0760 e. The zero-order valence-electron chi connectivity index (χ0n) is 11.4. The number of hydrogen-bond donors (Lipinski definition) is 2. The van der Waals surface area contributed by atoms with E-state index in [0.29, 0.717) is 11.6 Å². The largest absolute Gasteiger partial charge is 0.391 e. The summed E-state index contributed by atoms with van der Waals surface area (Å²) in [5, 5.41) is 15.0. The topological polar surface area (TPSA) is 45.1 Å². The molecule has 0 saturated heterocycles. The molecule has 0 aliphatic carbocycles. The zero-order chi connectivity index (χ0) is 14.0. The van der Waals surface area contributed by atoms with E-state index in [0.717, 1.165) is 16.6 Å². The molecular formula is C15H19ClN2O. The van der Waals surface area contributed by atoms with Crippen molar-refractivity contribution in [3.05, 3.63) is 35.5 Å². The number of anilines is 1. The van der Waals surface area contributed by atoms with Gasteiger partial charge in [0, 0.05) is 28.8 Å². The van der Waals surface area contributed by atoms with Crippen LogP contribution in [0.15, 0.2) is 30.5 Å². The zero-order valence-corrected chi connectivity index (χ0v) is 12.2. The molecule has 0 radical (unpaired) electrons. The second-order valence-corrected chi connectivity index (χ2v) is 6.22. The molecule has 19 heavy (non-hydrogen) atoms. The van der Waals surface area contributed by atoms with Gasteiger partial charge < -0.3 is 10.4 Å². The van der Waals surface area contributed by atoms with E-state index < -0.39 is 6.10 Å². The van der Waals surface area contributed by atoms with Crippen molar-refractivity contribution in [1.29, 1.82) is 0 Å². The average molecular weight is 279 g/mol. The van der Waals surface area contributed by atoms with E-state index in [1.54, 1.807) is 6.20 Å². The summed E-state index contributed by atoms with van der Waals surface area (Å²) in [5.41, 5.74) is 1.67. The molecule has 1 unspecified atom stereocenters. The first-order valence-electron chi connectivity index (χ1n) is 6.34. The van der Waals surface area contributed by atoms with Crippen LogP contribution >= 0.6 is 11.6 Å². The lowest BCUT2D eigenvalue weighted by atomic mass is 9.89. The number of aliphatic hydroxyl groups is 1. The molecule has 1 heterocycles. The van der Waals surface area contributed by atoms with Crippen molar-refractivity contribution in [2.75, 3.05) is 11.9 Å². The van der Waals surface area contributed by atoms with Crippen molar-refractivity contribution in [2.45, 2.75) is 26.9 Å². The number of halogens is 1. The Bertz CT molecular complexity index is 578. The molecule has 2 N–H and O–H groups in total. The maximum absolute atomic E-state index is 10.1. The summed E-state index contributed by atoms with van der Waals surface area (Å²) in [6, 6.07) is 7.53. The number of aliphatic hydroxyl groups excluding tert-OH is 1. The van der Waals surface area contributed by atoms with E-state index in [2.05, 4.69) is 10.3 Å². The normalized spacial score (nSPS) is 13.5. The Hall–Kier alpha value is -1.32. The molecule has 0 aliphatic rings. The summed E-state index contributed by atoms with van der Waals surface area (Å²) < 4.78 is 0. The molecule has 102 valence electrons. The summed E-state index contributed by atoms with van der Waals surface area (Å²) >= 11 is 5.96. The molecular weight excluding hydrogens is 260 g/mol. The molecule has 0 bridgehead atoms. The summed E-state index contributed by atoms with van der Waals surface area (Å²) in [5.74, 6) is 0. The van der Waals surface area contributed by atoms with Gasteiger partial charge in [0.2, 0.25) is 0 Å². The van der Waals surface area contributed by atoms with Gasteiger partial charge in [-0.25, -0.2) is 0 Å². The van der Waals surface area contributed by atoms with Crippen LogP contribution in [0.4, 0.5) is 5.69 Å². The van der Waals surface area contributed by atoms with Gasteiger partial charge in [-0.15, -0.1) is 0 Å². The van der Waals surface area contributed by atoms with Crippen LogP contribution in [0.3, 0.4) is 0 Å². The molecule has 2 aromatic rings. The van der Waals surface area contributed by atoms with Crippen molar-refractivity contribution < 1.29 is 5.11 Å². The van der Waals surface area contributed by atoms with E-state index in [9.17, 15) is 5.11 Å². The highest BCUT2D eigenvalue weighted by atomic mass is 35.5. The van der Waals surface area contributed by atoms with Crippen LogP contribution < -0.4 is 5.32 Å². The quantitative estimate of drug-likeness (QED) is 0.900. The monoisotopic (exact) mass is 278 g/mol. The lowest BCUT2D eigenvalue weighted by molar-refractivity contribution is 0.0746. The fourth-order valence-electron chi connectivity index (χ4n) is 1.79. The van der Waals surface area contributed by atoms with Gasteiger partial charge in [-0.3, -0.25) is 4.98 Å². The molecule has 4 heteroatoms. The second-order valence-electron chi connectivity index (χ2n) is 5.78. The number of fused-ring (bicyclic) bond motifs is 1. The van der Waals surface area contributed by atoms with Gasteiger partial charge >= 0.3 is 0 Å². The smallest absolute Gasteiger partial charge is 0.0760 e. The molecule has 2 rings (SSSR count). The standard InChI is InChI=1S/C15H19ClN2O/c1-15(2,3)14(19)9-18-12-6-7-17-13-8-10(16)4-5-11(12)13/h4-8,14,19H,9H2,1-3H3,(H,17,18). The maximum atomic E-state index is 10.1. The number of rotatable bonds is 3. The number of nitrogens with zero attached hydrogens (tertiary/aromatic N) is 1. The molecule has 1 atom stereocenters. The minimum atomic E-state index is -0.414. The highest BCUT2D eigenvalue weighted by Crippen LogP contribution is 2.25. The van der Waals surface area contributed by atoms with Crippen molar-refractivity contribution in [1.82, 2.24) is 4.98 Å². The molecule has 0 aliphatic heterocycles. The second kappa shape index (κ2) is 5.35. The Kier molecular flexibility index (Phi) is 3.97. The van der Waals surface area contributed by atoms with Gasteiger partial charge in [0.1, 0.15) is 0 Å². The minimum Gasteiger partial charge on any atom is -0.391 e. The van der Waals surface area contributed by atoms with Crippen LogP contribution in [-0.4, -0.2) is 22.7 Å². The Morgan fingerprint density at radius 3 is 2.74 bits per heavy atom. The van der Waals surface area contributed by atoms with Gasteiger partial charge in [-0.05, 0) is 29.7 Å². The Balaban J connectivity index is 2.22. The van der Waals surface area contributed by atoms with E-state index in [1.165, 1.54) is 0 Å². The van der Waals surface area contributed by atoms with E-state index >= 15 is 0 Å². The van der Waals surface area contributed by atoms with Gasteiger partial charge in [0.05, 0.1) is 11.6 Å². The highest BCUT2D eigenvalue weighted by Gasteiger charge is 2.21. The third-order valence-corrected chi connectivity index (χ3v) is 3.43. The van der Waals surface area contributed by atoms with Crippen molar-refractivity contribution in [3.8, 4) is 0 Å². The molecule has 0 fully saturated rings. The van der Waals surface area contributed by atoms with Gasteiger partial charge in [0.25, 0.3) is 0 Å². The van der Waals surface area contributed by atoms with E-state index in [-0.39, 0.29) is 5.41 Å². The highest BCUT2D eigenvalue weighted by molar-refractivity contribution is 6.31. The Morgan fingerprint density at radius 2 is 2.05 bits per heavy atom. The lowest BCUT2D eigenvalue weighted by Crippen LogP contribution is -2.32. The molecule has 1 aromatic heterocycles. The van der Waals surface area contributed by atoms with Crippen LogP contribution in [0.2, 0.25) is 5.02 Å². The number of pyridine rings is 1. The molecule has 0 amide bonds. The van der Waals surface area contributed by atoms with Gasteiger partial charge in [-0.2, -0.15) is 0 Å². The van der Waals surface area contributed by atoms with Gasteiger partial charge in [-0.1, -0.05) is 32.4 Å². The number of benzene rings is 1. The summed E-state index contributed by atoms with van der Waals surface area (Å²) in [4.78, 5) is 4.29. The van der Waals surface area contributed by atoms with Gasteiger partial charge in [0.15, 0.2) is 0 Å². The van der Waals surface area contributed by atoms with E-state index in [4.69, 9.17) is 11.6 Å². The minimum absolute atomic E-state index is 0.140. The molecule has 3 nitrogen and oxygen atoms in total. The first-order chi connectivity index (χ1) is 8.88. The Morgan fingerprint density at radius 1 is 1.32 bits per heavy atom. The number of hydrogen-bond acceptors (Lipinski definition) is 3. The van der Waals surface area contributed by atoms with Crippen LogP contribution in [-0.2, 0) is 0 Å². The van der Waals surface area contributed by atoms with E-state index in [1.807, 2.05) is 45.0 Å². The lowest BCUT2D eigenvalue weighted by Gasteiger charge is -2.26. The third-order valence-electron chi connectivity index (χ3n) is 3.19.